The van der Waals surface area contributed by atoms with Gasteiger partial charge < -0.3 is 14.6 Å². The van der Waals surface area contributed by atoms with E-state index in [9.17, 15) is 20.0 Å². The molecule has 0 saturated heterocycles. The molecule has 10 heteroatoms. The molecule has 0 aliphatic rings. The molecule has 0 fully saturated rings. The standard InChI is InChI=1S/C17H16ClN3O6/c1-10-5-12(3-4-13(10)18)27-9-16(22)20-19-8-11-6-14(21(24)25)17(23)15(7-11)26-2/h3-8,23H,9H2,1-2H3,(H,20,22). The Balaban J connectivity index is 1.98. The van der Waals surface area contributed by atoms with Gasteiger partial charge in [-0.1, -0.05) is 11.6 Å². The van der Waals surface area contributed by atoms with Gasteiger partial charge in [0, 0.05) is 16.7 Å². The molecule has 9 nitrogen and oxygen atoms in total. The number of carbonyl (C=O) groups excluding carboxylic acids is 1. The second-order valence-electron chi connectivity index (χ2n) is 5.34. The maximum atomic E-state index is 11.8. The van der Waals surface area contributed by atoms with Crippen molar-refractivity contribution < 1.29 is 24.3 Å². The van der Waals surface area contributed by atoms with E-state index in [-0.39, 0.29) is 17.9 Å². The summed E-state index contributed by atoms with van der Waals surface area (Å²) in [5.41, 5.74) is 2.77. The predicted octanol–water partition coefficient (Wildman–Crippen LogP) is 2.80. The van der Waals surface area contributed by atoms with Crippen molar-refractivity contribution in [2.75, 3.05) is 13.7 Å². The number of nitrogens with one attached hydrogen (secondary N) is 1. The van der Waals surface area contributed by atoms with E-state index in [0.717, 1.165) is 11.6 Å². The van der Waals surface area contributed by atoms with Crippen LogP contribution >= 0.6 is 11.6 Å². The van der Waals surface area contributed by atoms with Crippen LogP contribution in [0.2, 0.25) is 5.02 Å². The average molecular weight is 394 g/mol. The van der Waals surface area contributed by atoms with Crippen LogP contribution in [0.1, 0.15) is 11.1 Å². The SMILES string of the molecule is COc1cc(C=NNC(=O)COc2ccc(Cl)c(C)c2)cc([N+](=O)[O-])c1O. The predicted molar refractivity (Wildman–Crippen MR) is 98.7 cm³/mol. The lowest BCUT2D eigenvalue weighted by Crippen LogP contribution is -2.24. The van der Waals surface area contributed by atoms with Crippen molar-refractivity contribution in [1.29, 1.82) is 0 Å². The molecule has 0 heterocycles. The van der Waals surface area contributed by atoms with E-state index < -0.39 is 22.3 Å². The highest BCUT2D eigenvalue weighted by Crippen LogP contribution is 2.36. The number of halogens is 1. The van der Waals surface area contributed by atoms with Crippen LogP contribution in [-0.2, 0) is 4.79 Å². The molecule has 2 aromatic rings. The third kappa shape index (κ3) is 5.32. The first-order valence-electron chi connectivity index (χ1n) is 7.58. The summed E-state index contributed by atoms with van der Waals surface area (Å²) in [6.07, 6.45) is 1.18. The van der Waals surface area contributed by atoms with Gasteiger partial charge in [0.15, 0.2) is 12.4 Å². The van der Waals surface area contributed by atoms with Crippen LogP contribution < -0.4 is 14.9 Å². The number of amides is 1. The number of hydrogen-bond acceptors (Lipinski definition) is 7. The first kappa shape index (κ1) is 20.0. The molecule has 0 aliphatic heterocycles. The number of nitro benzene ring substituents is 1. The number of rotatable bonds is 7. The number of nitro groups is 1. The summed E-state index contributed by atoms with van der Waals surface area (Å²) in [4.78, 5) is 21.9. The van der Waals surface area contributed by atoms with E-state index in [0.29, 0.717) is 10.8 Å². The maximum absolute atomic E-state index is 11.8. The van der Waals surface area contributed by atoms with E-state index in [4.69, 9.17) is 21.1 Å². The largest absolute Gasteiger partial charge is 0.500 e. The minimum Gasteiger partial charge on any atom is -0.500 e. The van der Waals surface area contributed by atoms with Crippen molar-refractivity contribution >= 4 is 29.4 Å². The summed E-state index contributed by atoms with van der Waals surface area (Å²) in [5, 5.41) is 24.9. The number of aryl methyl sites for hydroxylation is 1. The number of methoxy groups -OCH3 is 1. The van der Waals surface area contributed by atoms with Gasteiger partial charge in [-0.3, -0.25) is 14.9 Å². The zero-order valence-corrected chi connectivity index (χ0v) is 15.2. The third-order valence-electron chi connectivity index (χ3n) is 3.40. The summed E-state index contributed by atoms with van der Waals surface area (Å²) in [5.74, 6) is -0.720. The van der Waals surface area contributed by atoms with Gasteiger partial charge in [-0.15, -0.1) is 0 Å². The van der Waals surface area contributed by atoms with Gasteiger partial charge in [-0.2, -0.15) is 5.10 Å². The van der Waals surface area contributed by atoms with E-state index >= 15 is 0 Å². The topological polar surface area (TPSA) is 123 Å². The van der Waals surface area contributed by atoms with E-state index in [1.54, 1.807) is 18.2 Å². The molecule has 0 aliphatic carbocycles. The molecule has 2 rings (SSSR count). The summed E-state index contributed by atoms with van der Waals surface area (Å²) in [6.45, 7) is 1.53. The van der Waals surface area contributed by atoms with Gasteiger partial charge in [-0.05, 0) is 36.8 Å². The molecule has 0 atom stereocenters. The highest BCUT2D eigenvalue weighted by Gasteiger charge is 2.19. The molecular weight excluding hydrogens is 378 g/mol. The van der Waals surface area contributed by atoms with Crippen LogP contribution in [0.25, 0.3) is 0 Å². The van der Waals surface area contributed by atoms with E-state index in [2.05, 4.69) is 10.5 Å². The quantitative estimate of drug-likeness (QED) is 0.423. The van der Waals surface area contributed by atoms with Crippen LogP contribution in [-0.4, -0.2) is 35.9 Å². The monoisotopic (exact) mass is 393 g/mol. The van der Waals surface area contributed by atoms with Crippen LogP contribution in [0, 0.1) is 17.0 Å². The summed E-state index contributed by atoms with van der Waals surface area (Å²) >= 11 is 5.91. The summed E-state index contributed by atoms with van der Waals surface area (Å²) < 4.78 is 10.2. The van der Waals surface area contributed by atoms with Crippen LogP contribution in [0.4, 0.5) is 5.69 Å². The van der Waals surface area contributed by atoms with E-state index in [1.807, 2.05) is 6.92 Å². The molecule has 0 radical (unpaired) electrons. The van der Waals surface area contributed by atoms with Gasteiger partial charge in [0.25, 0.3) is 5.91 Å². The molecule has 2 N–H and O–H groups in total. The fraction of sp³-hybridized carbons (Fsp3) is 0.176. The fourth-order valence-corrected chi connectivity index (χ4v) is 2.17. The van der Waals surface area contributed by atoms with Crippen LogP contribution in [0.5, 0.6) is 17.2 Å². The summed E-state index contributed by atoms with van der Waals surface area (Å²) in [7, 11) is 1.26. The number of carbonyl (C=O) groups is 1. The van der Waals surface area contributed by atoms with Gasteiger partial charge in [0.05, 0.1) is 18.2 Å². The Hall–Kier alpha value is -3.33. The minimum atomic E-state index is -0.754. The van der Waals surface area contributed by atoms with Crippen molar-refractivity contribution in [3.8, 4) is 17.2 Å². The Bertz CT molecular complexity index is 900. The van der Waals surface area contributed by atoms with E-state index in [1.165, 1.54) is 19.4 Å². The van der Waals surface area contributed by atoms with Gasteiger partial charge in [0.2, 0.25) is 5.75 Å². The fourth-order valence-electron chi connectivity index (χ4n) is 2.05. The Morgan fingerprint density at radius 3 is 2.78 bits per heavy atom. The molecule has 0 aromatic heterocycles. The lowest BCUT2D eigenvalue weighted by atomic mass is 10.2. The zero-order chi connectivity index (χ0) is 20.0. The van der Waals surface area contributed by atoms with Crippen molar-refractivity contribution in [2.24, 2.45) is 5.10 Å². The Morgan fingerprint density at radius 1 is 1.41 bits per heavy atom. The number of aromatic hydroxyl groups is 1. The lowest BCUT2D eigenvalue weighted by molar-refractivity contribution is -0.386. The average Bonchev–Trinajstić information content (AvgIpc) is 2.63. The van der Waals surface area contributed by atoms with Crippen molar-refractivity contribution in [3.05, 3.63) is 56.6 Å². The van der Waals surface area contributed by atoms with Crippen LogP contribution in [0.15, 0.2) is 35.4 Å². The number of hydrogen-bond donors (Lipinski definition) is 2. The highest BCUT2D eigenvalue weighted by molar-refractivity contribution is 6.31. The minimum absolute atomic E-state index is 0.0848. The second-order valence-corrected chi connectivity index (χ2v) is 5.75. The van der Waals surface area contributed by atoms with Gasteiger partial charge >= 0.3 is 5.69 Å². The molecule has 0 saturated carbocycles. The third-order valence-corrected chi connectivity index (χ3v) is 3.82. The lowest BCUT2D eigenvalue weighted by Gasteiger charge is -2.07. The maximum Gasteiger partial charge on any atom is 0.315 e. The molecule has 142 valence electrons. The molecule has 2 aromatic carbocycles. The number of phenols is 1. The highest BCUT2D eigenvalue weighted by atomic mass is 35.5. The van der Waals surface area contributed by atoms with Crippen molar-refractivity contribution in [1.82, 2.24) is 5.43 Å². The normalized spacial score (nSPS) is 10.6. The van der Waals surface area contributed by atoms with Gasteiger partial charge in [0.1, 0.15) is 5.75 Å². The zero-order valence-electron chi connectivity index (χ0n) is 14.4. The number of benzene rings is 2. The van der Waals surface area contributed by atoms with Gasteiger partial charge in [-0.25, -0.2) is 5.43 Å². The van der Waals surface area contributed by atoms with Crippen molar-refractivity contribution in [2.45, 2.75) is 6.92 Å². The van der Waals surface area contributed by atoms with Crippen LogP contribution in [0.3, 0.4) is 0 Å². The van der Waals surface area contributed by atoms with Crippen molar-refractivity contribution in [3.63, 3.8) is 0 Å². The number of ether oxygens (including phenoxy) is 2. The first-order chi connectivity index (χ1) is 12.8. The molecule has 0 unspecified atom stereocenters. The molecule has 0 bridgehead atoms. The Kier molecular flexibility index (Phi) is 6.56. The smallest absolute Gasteiger partial charge is 0.315 e. The Labute approximate surface area is 159 Å². The second kappa shape index (κ2) is 8.86. The first-order valence-corrected chi connectivity index (χ1v) is 7.96. The molecular formula is C17H16ClN3O6. The molecule has 27 heavy (non-hydrogen) atoms. The molecule has 0 spiro atoms. The summed E-state index contributed by atoms with van der Waals surface area (Å²) in [6, 6.07) is 7.42. The number of nitrogens with zero attached hydrogens (tertiary/aromatic N) is 2. The number of phenolic OH excluding ortho intramolecular Hbond substituents is 1. The molecule has 1 amide bonds. The Morgan fingerprint density at radius 2 is 2.15 bits per heavy atom. The number of hydrazone groups is 1.